The van der Waals surface area contributed by atoms with Crippen LogP contribution in [-0.2, 0) is 0 Å². The first kappa shape index (κ1) is 12.9. The molecule has 7 nitrogen and oxygen atoms in total. The van der Waals surface area contributed by atoms with Crippen LogP contribution in [0.25, 0.3) is 10.4 Å². The molecule has 0 aliphatic rings. The van der Waals surface area contributed by atoms with Crippen LogP contribution < -0.4 is 0 Å². The Balaban J connectivity index is 4.82. The Bertz CT molecular complexity index is 377. The highest BCUT2D eigenvalue weighted by Crippen LogP contribution is 2.15. The summed E-state index contributed by atoms with van der Waals surface area (Å²) in [5.74, 6) is 0. The molecule has 0 saturated heterocycles. The number of hydrogen-bond donors (Lipinski definition) is 0. The molecule has 0 aliphatic heterocycles. The Morgan fingerprint density at radius 1 is 1.20 bits per heavy atom. The van der Waals surface area contributed by atoms with Crippen molar-refractivity contribution < 1.29 is 0 Å². The van der Waals surface area contributed by atoms with E-state index in [4.69, 9.17) is 16.1 Å². The summed E-state index contributed by atoms with van der Waals surface area (Å²) in [7, 11) is 0. The van der Waals surface area contributed by atoms with Crippen molar-refractivity contribution in [2.45, 2.75) is 31.8 Å². The van der Waals surface area contributed by atoms with E-state index in [9.17, 15) is 0 Å². The molecule has 1 atom stereocenters. The number of azo groups is 1. The highest BCUT2D eigenvalue weighted by molar-refractivity contribution is 5.07. The van der Waals surface area contributed by atoms with Gasteiger partial charge in [-0.3, -0.25) is 0 Å². The van der Waals surface area contributed by atoms with Gasteiger partial charge in [0.05, 0.1) is 18.7 Å². The monoisotopic (exact) mass is 205 g/mol. The number of rotatable bonds is 4. The summed E-state index contributed by atoms with van der Waals surface area (Å²) in [6.45, 7) is 4.52. The normalized spacial score (nSPS) is 14.7. The van der Waals surface area contributed by atoms with E-state index in [2.05, 4.69) is 20.3 Å². The van der Waals surface area contributed by atoms with Gasteiger partial charge < -0.3 is 0 Å². The topological polar surface area (TPSA) is 121 Å². The van der Waals surface area contributed by atoms with Crippen LogP contribution in [0.4, 0.5) is 0 Å². The van der Waals surface area contributed by atoms with Crippen LogP contribution in [0.1, 0.15) is 20.8 Å². The van der Waals surface area contributed by atoms with E-state index in [0.29, 0.717) is 0 Å². The second-order valence-electron chi connectivity index (χ2n) is 3.65. The fraction of sp³-hybridized carbons (Fsp3) is 0.750. The van der Waals surface area contributed by atoms with E-state index in [0.717, 1.165) is 0 Å². The zero-order chi connectivity index (χ0) is 11.9. The van der Waals surface area contributed by atoms with Gasteiger partial charge >= 0.3 is 0 Å². The van der Waals surface area contributed by atoms with Crippen molar-refractivity contribution in [1.29, 1.82) is 10.5 Å². The second kappa shape index (κ2) is 4.94. The van der Waals surface area contributed by atoms with Gasteiger partial charge in [0.25, 0.3) is 0 Å². The predicted octanol–water partition coefficient (Wildman–Crippen LogP) is 2.33. The van der Waals surface area contributed by atoms with Crippen molar-refractivity contribution in [2.75, 3.05) is 6.54 Å². The number of hydrogen-bond acceptors (Lipinski definition) is 5. The van der Waals surface area contributed by atoms with Gasteiger partial charge in [0.2, 0.25) is 0 Å². The molecule has 78 valence electrons. The largest absolute Gasteiger partial charge is 0.196 e. The first-order valence-corrected chi connectivity index (χ1v) is 4.16. The van der Waals surface area contributed by atoms with Crippen LogP contribution in [-0.4, -0.2) is 17.6 Å². The number of nitriles is 2. The molecule has 0 aromatic heterocycles. The molecule has 0 aliphatic carbocycles. The fourth-order valence-electron chi connectivity index (χ4n) is 0.516. The van der Waals surface area contributed by atoms with Crippen molar-refractivity contribution in [2.24, 2.45) is 15.3 Å². The van der Waals surface area contributed by atoms with Crippen molar-refractivity contribution in [3.8, 4) is 12.1 Å². The molecule has 0 fully saturated rings. The zero-order valence-electron chi connectivity index (χ0n) is 8.84. The van der Waals surface area contributed by atoms with Gasteiger partial charge in [0.1, 0.15) is 0 Å². The Morgan fingerprint density at radius 3 is 2.20 bits per heavy atom. The summed E-state index contributed by atoms with van der Waals surface area (Å²) < 4.78 is 0. The van der Waals surface area contributed by atoms with Crippen molar-refractivity contribution in [3.05, 3.63) is 10.4 Å². The van der Waals surface area contributed by atoms with Gasteiger partial charge in [0.15, 0.2) is 11.1 Å². The van der Waals surface area contributed by atoms with Gasteiger partial charge in [-0.05, 0) is 26.3 Å². The van der Waals surface area contributed by atoms with E-state index in [1.807, 2.05) is 12.1 Å². The van der Waals surface area contributed by atoms with Gasteiger partial charge in [-0.25, -0.2) is 0 Å². The molecule has 0 radical (unpaired) electrons. The molecule has 0 spiro atoms. The zero-order valence-corrected chi connectivity index (χ0v) is 8.84. The van der Waals surface area contributed by atoms with Crippen molar-refractivity contribution >= 4 is 0 Å². The first-order valence-electron chi connectivity index (χ1n) is 4.16. The summed E-state index contributed by atoms with van der Waals surface area (Å²) in [6, 6.07) is 3.80. The Labute approximate surface area is 87.7 Å². The Hall–Kier alpha value is -2.11. The van der Waals surface area contributed by atoms with Crippen molar-refractivity contribution in [1.82, 2.24) is 0 Å². The summed E-state index contributed by atoms with van der Waals surface area (Å²) >= 11 is 0. The molecule has 0 rings (SSSR count). The Morgan fingerprint density at radius 2 is 1.80 bits per heavy atom. The van der Waals surface area contributed by atoms with E-state index in [-0.39, 0.29) is 6.54 Å². The van der Waals surface area contributed by atoms with Gasteiger partial charge in [-0.15, -0.1) is 0 Å². The fourth-order valence-corrected chi connectivity index (χ4v) is 0.516. The molecule has 0 N–H and O–H groups in total. The molecule has 0 bridgehead atoms. The standard InChI is InChI=1S/C8H11N7/c1-7(2,4-9)13-14-8(3,5-10)6-12-15-11/h6H2,1-3H3/b14-13+. The minimum absolute atomic E-state index is 0.106. The lowest BCUT2D eigenvalue weighted by atomic mass is 10.1. The third-order valence-electron chi connectivity index (χ3n) is 1.48. The maximum Gasteiger partial charge on any atom is 0.170 e. The van der Waals surface area contributed by atoms with E-state index >= 15 is 0 Å². The summed E-state index contributed by atoms with van der Waals surface area (Å²) in [6.07, 6.45) is 0. The average molecular weight is 205 g/mol. The van der Waals surface area contributed by atoms with Gasteiger partial charge in [-0.1, -0.05) is 5.11 Å². The van der Waals surface area contributed by atoms with Crippen LogP contribution in [0, 0.1) is 22.7 Å². The van der Waals surface area contributed by atoms with Crippen LogP contribution in [0.5, 0.6) is 0 Å². The molecule has 7 heteroatoms. The lowest BCUT2D eigenvalue weighted by Crippen LogP contribution is -2.24. The van der Waals surface area contributed by atoms with Crippen LogP contribution in [0.15, 0.2) is 15.3 Å². The lowest BCUT2D eigenvalue weighted by molar-refractivity contribution is 0.517. The minimum Gasteiger partial charge on any atom is -0.196 e. The summed E-state index contributed by atoms with van der Waals surface area (Å²) in [5, 5.41) is 28.2. The highest BCUT2D eigenvalue weighted by Gasteiger charge is 2.24. The Kier molecular flexibility index (Phi) is 4.25. The smallest absolute Gasteiger partial charge is 0.170 e. The first-order chi connectivity index (χ1) is 6.89. The van der Waals surface area contributed by atoms with E-state index in [1.165, 1.54) is 6.92 Å². The number of nitrogens with zero attached hydrogens (tertiary/aromatic N) is 7. The van der Waals surface area contributed by atoms with Gasteiger partial charge in [-0.2, -0.15) is 20.8 Å². The maximum absolute atomic E-state index is 8.81. The van der Waals surface area contributed by atoms with Crippen LogP contribution in [0.3, 0.4) is 0 Å². The second-order valence-corrected chi connectivity index (χ2v) is 3.65. The van der Waals surface area contributed by atoms with Gasteiger partial charge in [0, 0.05) is 4.91 Å². The lowest BCUT2D eigenvalue weighted by Gasteiger charge is -2.14. The molecule has 0 aromatic carbocycles. The minimum atomic E-state index is -1.21. The third kappa shape index (κ3) is 4.61. The molecule has 0 aromatic rings. The quantitative estimate of drug-likeness (QED) is 0.397. The average Bonchev–Trinajstić information content (AvgIpc) is 2.24. The third-order valence-corrected chi connectivity index (χ3v) is 1.48. The van der Waals surface area contributed by atoms with Crippen molar-refractivity contribution in [3.63, 3.8) is 0 Å². The number of azide groups is 1. The van der Waals surface area contributed by atoms with Crippen LogP contribution >= 0.6 is 0 Å². The molecule has 15 heavy (non-hydrogen) atoms. The SMILES string of the molecule is CC(C)(C#N)/N=N/C(C)(C#N)CN=[N+]=[N-]. The molecular formula is C8H11N7. The maximum atomic E-state index is 8.81. The van der Waals surface area contributed by atoms with E-state index in [1.54, 1.807) is 13.8 Å². The molecule has 0 saturated carbocycles. The predicted molar refractivity (Wildman–Crippen MR) is 52.6 cm³/mol. The summed E-state index contributed by atoms with van der Waals surface area (Å²) in [4.78, 5) is 2.54. The molecular weight excluding hydrogens is 194 g/mol. The van der Waals surface area contributed by atoms with E-state index < -0.39 is 11.1 Å². The molecule has 0 amide bonds. The highest BCUT2D eigenvalue weighted by atomic mass is 15.2. The molecule has 0 heterocycles. The van der Waals surface area contributed by atoms with Crippen LogP contribution in [0.2, 0.25) is 0 Å². The summed E-state index contributed by atoms with van der Waals surface area (Å²) in [5.41, 5.74) is 5.94. The molecule has 1 unspecified atom stereocenters.